The van der Waals surface area contributed by atoms with Crippen LogP contribution in [0.15, 0.2) is 12.4 Å². The Kier molecular flexibility index (Phi) is 3.76. The van der Waals surface area contributed by atoms with Crippen molar-refractivity contribution in [3.8, 4) is 17.1 Å². The SMILES string of the molecule is CC1CCn2nc(-c3cnn(C4CCOCC4)c3)c(C(=O)O)c2O1. The molecule has 1 atom stereocenters. The van der Waals surface area contributed by atoms with E-state index >= 15 is 0 Å². The standard InChI is InChI=1S/C16H20N4O4/c1-10-2-5-19-15(24-10)13(16(21)22)14(18-19)11-8-17-20(9-11)12-3-6-23-7-4-12/h8-10,12H,2-7H2,1H3,(H,21,22). The van der Waals surface area contributed by atoms with E-state index in [-0.39, 0.29) is 17.7 Å². The molecule has 0 saturated carbocycles. The summed E-state index contributed by atoms with van der Waals surface area (Å²) >= 11 is 0. The Morgan fingerprint density at radius 1 is 1.33 bits per heavy atom. The number of hydrogen-bond donors (Lipinski definition) is 1. The Balaban J connectivity index is 1.71. The van der Waals surface area contributed by atoms with Gasteiger partial charge in [-0.15, -0.1) is 0 Å². The second-order valence-corrected chi connectivity index (χ2v) is 6.33. The molecule has 0 aromatic carbocycles. The van der Waals surface area contributed by atoms with Crippen molar-refractivity contribution < 1.29 is 19.4 Å². The van der Waals surface area contributed by atoms with E-state index in [1.807, 2.05) is 17.8 Å². The van der Waals surface area contributed by atoms with Gasteiger partial charge in [0.1, 0.15) is 11.3 Å². The molecule has 1 unspecified atom stereocenters. The third-order valence-electron chi connectivity index (χ3n) is 4.62. The highest BCUT2D eigenvalue weighted by atomic mass is 16.5. The molecule has 1 fully saturated rings. The predicted octanol–water partition coefficient (Wildman–Crippen LogP) is 1.97. The number of rotatable bonds is 3. The molecule has 24 heavy (non-hydrogen) atoms. The van der Waals surface area contributed by atoms with Crippen LogP contribution in [0.25, 0.3) is 11.3 Å². The van der Waals surface area contributed by atoms with Crippen molar-refractivity contribution in [1.29, 1.82) is 0 Å². The van der Waals surface area contributed by atoms with Gasteiger partial charge < -0.3 is 14.6 Å². The van der Waals surface area contributed by atoms with E-state index in [9.17, 15) is 9.90 Å². The number of nitrogens with zero attached hydrogens (tertiary/aromatic N) is 4. The highest BCUT2D eigenvalue weighted by Gasteiger charge is 2.30. The van der Waals surface area contributed by atoms with E-state index in [4.69, 9.17) is 9.47 Å². The molecular weight excluding hydrogens is 312 g/mol. The maximum atomic E-state index is 11.8. The molecule has 128 valence electrons. The first kappa shape index (κ1) is 15.2. The molecule has 0 amide bonds. The molecular formula is C16H20N4O4. The van der Waals surface area contributed by atoms with Crippen LogP contribution in [0, 0.1) is 0 Å². The van der Waals surface area contributed by atoms with Crippen molar-refractivity contribution in [2.24, 2.45) is 0 Å². The van der Waals surface area contributed by atoms with E-state index in [0.717, 1.165) is 32.5 Å². The van der Waals surface area contributed by atoms with Crippen molar-refractivity contribution in [3.63, 3.8) is 0 Å². The molecule has 1 saturated heterocycles. The van der Waals surface area contributed by atoms with Gasteiger partial charge in [0.15, 0.2) is 0 Å². The second kappa shape index (κ2) is 5.94. The zero-order valence-corrected chi connectivity index (χ0v) is 13.5. The number of carboxylic acids is 1. The summed E-state index contributed by atoms with van der Waals surface area (Å²) in [7, 11) is 0. The van der Waals surface area contributed by atoms with Crippen LogP contribution in [0.2, 0.25) is 0 Å². The third-order valence-corrected chi connectivity index (χ3v) is 4.62. The highest BCUT2D eigenvalue weighted by Crippen LogP contribution is 2.34. The first-order chi connectivity index (χ1) is 11.6. The molecule has 0 radical (unpaired) electrons. The van der Waals surface area contributed by atoms with Crippen LogP contribution in [0.4, 0.5) is 0 Å². The molecule has 0 spiro atoms. The molecule has 2 aliphatic heterocycles. The van der Waals surface area contributed by atoms with Gasteiger partial charge in [-0.3, -0.25) is 4.68 Å². The molecule has 1 N–H and O–H groups in total. The highest BCUT2D eigenvalue weighted by molar-refractivity contribution is 5.97. The van der Waals surface area contributed by atoms with Crippen LogP contribution in [0.5, 0.6) is 5.88 Å². The van der Waals surface area contributed by atoms with Crippen molar-refractivity contribution in [3.05, 3.63) is 18.0 Å². The minimum atomic E-state index is -1.03. The van der Waals surface area contributed by atoms with Gasteiger partial charge in [0.05, 0.1) is 18.3 Å². The summed E-state index contributed by atoms with van der Waals surface area (Å²) in [6.07, 6.45) is 6.18. The van der Waals surface area contributed by atoms with Gasteiger partial charge in [0.2, 0.25) is 5.88 Å². The number of aromatic nitrogens is 4. The Morgan fingerprint density at radius 2 is 2.12 bits per heavy atom. The van der Waals surface area contributed by atoms with Gasteiger partial charge in [-0.2, -0.15) is 10.2 Å². The Morgan fingerprint density at radius 3 is 2.88 bits per heavy atom. The summed E-state index contributed by atoms with van der Waals surface area (Å²) in [6, 6.07) is 0.286. The van der Waals surface area contributed by atoms with Crippen LogP contribution in [-0.2, 0) is 11.3 Å². The number of fused-ring (bicyclic) bond motifs is 1. The monoisotopic (exact) mass is 332 g/mol. The average molecular weight is 332 g/mol. The number of ether oxygens (including phenoxy) is 2. The summed E-state index contributed by atoms with van der Waals surface area (Å²) in [5.74, 6) is -0.686. The third kappa shape index (κ3) is 2.56. The van der Waals surface area contributed by atoms with Crippen LogP contribution in [-0.4, -0.2) is 50.0 Å². The minimum absolute atomic E-state index is 0.00916. The maximum absolute atomic E-state index is 11.8. The average Bonchev–Trinajstić information content (AvgIpc) is 3.19. The Labute approximate surface area is 139 Å². The van der Waals surface area contributed by atoms with Crippen LogP contribution in [0.1, 0.15) is 42.6 Å². The zero-order valence-electron chi connectivity index (χ0n) is 13.5. The number of carboxylic acid groups (broad SMARTS) is 1. The quantitative estimate of drug-likeness (QED) is 0.924. The van der Waals surface area contributed by atoms with Gasteiger partial charge >= 0.3 is 5.97 Å². The fraction of sp³-hybridized carbons (Fsp3) is 0.562. The summed E-state index contributed by atoms with van der Waals surface area (Å²) in [5.41, 5.74) is 1.25. The Hall–Kier alpha value is -2.35. The molecule has 8 heteroatoms. The predicted molar refractivity (Wildman–Crippen MR) is 84.2 cm³/mol. The maximum Gasteiger partial charge on any atom is 0.343 e. The molecule has 2 aromatic heterocycles. The van der Waals surface area contributed by atoms with Crippen molar-refractivity contribution >= 4 is 5.97 Å². The van der Waals surface area contributed by atoms with E-state index in [1.54, 1.807) is 10.9 Å². The molecule has 0 bridgehead atoms. The molecule has 0 aliphatic carbocycles. The van der Waals surface area contributed by atoms with Crippen LogP contribution < -0.4 is 4.74 Å². The smallest absolute Gasteiger partial charge is 0.343 e. The second-order valence-electron chi connectivity index (χ2n) is 6.33. The summed E-state index contributed by atoms with van der Waals surface area (Å²) in [6.45, 7) is 4.05. The van der Waals surface area contributed by atoms with Gasteiger partial charge in [-0.25, -0.2) is 9.48 Å². The minimum Gasteiger partial charge on any atom is -0.477 e. The van der Waals surface area contributed by atoms with Gasteiger partial charge in [-0.1, -0.05) is 0 Å². The van der Waals surface area contributed by atoms with Gasteiger partial charge in [0.25, 0.3) is 0 Å². The van der Waals surface area contributed by atoms with Gasteiger partial charge in [-0.05, 0) is 19.8 Å². The molecule has 4 rings (SSSR count). The van der Waals surface area contributed by atoms with E-state index in [1.165, 1.54) is 0 Å². The largest absolute Gasteiger partial charge is 0.477 e. The van der Waals surface area contributed by atoms with Crippen molar-refractivity contribution in [2.45, 2.75) is 44.9 Å². The van der Waals surface area contributed by atoms with E-state index in [0.29, 0.717) is 23.7 Å². The summed E-state index contributed by atoms with van der Waals surface area (Å²) in [4.78, 5) is 11.8. The van der Waals surface area contributed by atoms with E-state index in [2.05, 4.69) is 10.2 Å². The topological polar surface area (TPSA) is 91.4 Å². The first-order valence-corrected chi connectivity index (χ1v) is 8.26. The van der Waals surface area contributed by atoms with Crippen LogP contribution >= 0.6 is 0 Å². The first-order valence-electron chi connectivity index (χ1n) is 8.26. The fourth-order valence-corrected chi connectivity index (χ4v) is 3.28. The summed E-state index contributed by atoms with van der Waals surface area (Å²) < 4.78 is 14.6. The molecule has 4 heterocycles. The van der Waals surface area contributed by atoms with E-state index < -0.39 is 5.97 Å². The number of carbonyl (C=O) groups is 1. The fourth-order valence-electron chi connectivity index (χ4n) is 3.28. The van der Waals surface area contributed by atoms with Crippen LogP contribution in [0.3, 0.4) is 0 Å². The number of aromatic carboxylic acids is 1. The lowest BCUT2D eigenvalue weighted by Gasteiger charge is -2.22. The van der Waals surface area contributed by atoms with Crippen molar-refractivity contribution in [2.75, 3.05) is 13.2 Å². The normalized spacial score (nSPS) is 21.3. The Bertz CT molecular complexity index is 760. The number of aryl methyl sites for hydroxylation is 1. The lowest BCUT2D eigenvalue weighted by molar-refractivity contribution is 0.0662. The lowest BCUT2D eigenvalue weighted by atomic mass is 10.1. The number of hydrogen-bond acceptors (Lipinski definition) is 5. The molecule has 2 aromatic rings. The zero-order chi connectivity index (χ0) is 16.7. The van der Waals surface area contributed by atoms with Crippen molar-refractivity contribution in [1.82, 2.24) is 19.6 Å². The lowest BCUT2D eigenvalue weighted by Crippen LogP contribution is -2.24. The van der Waals surface area contributed by atoms with Gasteiger partial charge in [0, 0.05) is 37.9 Å². The molecule has 8 nitrogen and oxygen atoms in total. The summed E-state index contributed by atoms with van der Waals surface area (Å²) in [5, 5.41) is 18.5. The molecule has 2 aliphatic rings.